The van der Waals surface area contributed by atoms with Gasteiger partial charge >= 0.3 is 0 Å². The maximum atomic E-state index is 13.0. The Hall–Kier alpha value is -2.17. The molecule has 0 fully saturated rings. The fraction of sp³-hybridized carbons (Fsp3) is 0.0909. The number of benzene rings is 1. The minimum Gasteiger partial charge on any atom is -0.398 e. The molecular formula is C11H10FN3O. The van der Waals surface area contributed by atoms with Gasteiger partial charge in [0, 0.05) is 18.0 Å². The molecule has 0 amide bonds. The molecule has 16 heavy (non-hydrogen) atoms. The largest absolute Gasteiger partial charge is 0.398 e. The van der Waals surface area contributed by atoms with Gasteiger partial charge in [-0.3, -0.25) is 9.36 Å². The Morgan fingerprint density at radius 3 is 2.94 bits per heavy atom. The van der Waals surface area contributed by atoms with Crippen LogP contribution in [-0.4, -0.2) is 9.55 Å². The summed E-state index contributed by atoms with van der Waals surface area (Å²) in [6.07, 6.45) is 2.81. The van der Waals surface area contributed by atoms with E-state index in [1.54, 1.807) is 0 Å². The van der Waals surface area contributed by atoms with Crippen molar-refractivity contribution in [3.05, 3.63) is 58.5 Å². The van der Waals surface area contributed by atoms with E-state index in [9.17, 15) is 9.18 Å². The number of aromatic nitrogens is 2. The fourth-order valence-electron chi connectivity index (χ4n) is 1.39. The molecular weight excluding hydrogens is 209 g/mol. The van der Waals surface area contributed by atoms with E-state index in [4.69, 9.17) is 5.73 Å². The van der Waals surface area contributed by atoms with Crippen LogP contribution in [0.4, 0.5) is 10.1 Å². The smallest absolute Gasteiger partial charge is 0.253 e. The van der Waals surface area contributed by atoms with Crippen LogP contribution in [0.1, 0.15) is 5.56 Å². The molecule has 2 N–H and O–H groups in total. The normalized spacial score (nSPS) is 10.3. The summed E-state index contributed by atoms with van der Waals surface area (Å²) in [7, 11) is 0. The summed E-state index contributed by atoms with van der Waals surface area (Å²) in [5.41, 5.74) is 6.51. The van der Waals surface area contributed by atoms with Gasteiger partial charge in [-0.05, 0) is 23.8 Å². The van der Waals surface area contributed by atoms with Gasteiger partial charge in [0.1, 0.15) is 5.82 Å². The van der Waals surface area contributed by atoms with Crippen molar-refractivity contribution in [2.24, 2.45) is 0 Å². The Morgan fingerprint density at radius 2 is 2.19 bits per heavy atom. The Bertz CT molecular complexity index is 565. The number of hydrogen-bond donors (Lipinski definition) is 1. The molecule has 1 heterocycles. The fourth-order valence-corrected chi connectivity index (χ4v) is 1.39. The van der Waals surface area contributed by atoms with Gasteiger partial charge in [-0.25, -0.2) is 9.37 Å². The van der Waals surface area contributed by atoms with Crippen LogP contribution >= 0.6 is 0 Å². The molecule has 0 aliphatic rings. The molecule has 82 valence electrons. The average molecular weight is 219 g/mol. The zero-order valence-electron chi connectivity index (χ0n) is 8.43. The standard InChI is InChI=1S/C11H10FN3O/c12-9-1-2-10(13)8(5-9)6-15-7-14-4-3-11(15)16/h1-5,7H,6,13H2. The zero-order chi connectivity index (χ0) is 11.5. The number of hydrogen-bond acceptors (Lipinski definition) is 3. The molecule has 0 radical (unpaired) electrons. The van der Waals surface area contributed by atoms with Crippen LogP contribution in [-0.2, 0) is 6.54 Å². The third-order valence-electron chi connectivity index (χ3n) is 2.24. The second kappa shape index (κ2) is 4.14. The molecule has 0 saturated heterocycles. The van der Waals surface area contributed by atoms with E-state index in [2.05, 4.69) is 4.98 Å². The van der Waals surface area contributed by atoms with Crippen LogP contribution in [0.3, 0.4) is 0 Å². The van der Waals surface area contributed by atoms with Gasteiger partial charge in [-0.2, -0.15) is 0 Å². The van der Waals surface area contributed by atoms with E-state index >= 15 is 0 Å². The highest BCUT2D eigenvalue weighted by atomic mass is 19.1. The molecule has 0 bridgehead atoms. The van der Waals surface area contributed by atoms with Gasteiger partial charge in [0.15, 0.2) is 0 Å². The highest BCUT2D eigenvalue weighted by Gasteiger charge is 2.03. The van der Waals surface area contributed by atoms with Crippen LogP contribution in [0.2, 0.25) is 0 Å². The van der Waals surface area contributed by atoms with Crippen molar-refractivity contribution in [3.8, 4) is 0 Å². The number of nitrogens with zero attached hydrogens (tertiary/aromatic N) is 2. The zero-order valence-corrected chi connectivity index (χ0v) is 8.43. The number of rotatable bonds is 2. The molecule has 0 unspecified atom stereocenters. The van der Waals surface area contributed by atoms with E-state index < -0.39 is 0 Å². The second-order valence-corrected chi connectivity index (χ2v) is 3.39. The number of anilines is 1. The summed E-state index contributed by atoms with van der Waals surface area (Å²) < 4.78 is 14.4. The third-order valence-corrected chi connectivity index (χ3v) is 2.24. The molecule has 1 aromatic carbocycles. The van der Waals surface area contributed by atoms with E-state index in [1.807, 2.05) is 0 Å². The second-order valence-electron chi connectivity index (χ2n) is 3.39. The molecule has 5 heteroatoms. The van der Waals surface area contributed by atoms with Crippen LogP contribution in [0.15, 0.2) is 41.6 Å². The van der Waals surface area contributed by atoms with E-state index in [0.29, 0.717) is 11.3 Å². The van der Waals surface area contributed by atoms with E-state index in [0.717, 1.165) is 0 Å². The van der Waals surface area contributed by atoms with Crippen LogP contribution in [0.25, 0.3) is 0 Å². The van der Waals surface area contributed by atoms with Crippen molar-refractivity contribution in [2.75, 3.05) is 5.73 Å². The van der Waals surface area contributed by atoms with Crippen LogP contribution in [0, 0.1) is 5.82 Å². The first-order valence-corrected chi connectivity index (χ1v) is 4.71. The van der Waals surface area contributed by atoms with Crippen LogP contribution in [0.5, 0.6) is 0 Å². The van der Waals surface area contributed by atoms with Gasteiger partial charge in [0.2, 0.25) is 0 Å². The highest BCUT2D eigenvalue weighted by Crippen LogP contribution is 2.13. The molecule has 0 saturated carbocycles. The van der Waals surface area contributed by atoms with Gasteiger partial charge < -0.3 is 5.73 Å². The number of nitrogens with two attached hydrogens (primary N) is 1. The summed E-state index contributed by atoms with van der Waals surface area (Å²) in [4.78, 5) is 15.2. The summed E-state index contributed by atoms with van der Waals surface area (Å²) in [5.74, 6) is -0.374. The molecule has 0 aliphatic heterocycles. The third kappa shape index (κ3) is 2.08. The highest BCUT2D eigenvalue weighted by molar-refractivity contribution is 5.46. The maximum absolute atomic E-state index is 13.0. The average Bonchev–Trinajstić information content (AvgIpc) is 2.27. The Morgan fingerprint density at radius 1 is 1.38 bits per heavy atom. The number of halogens is 1. The lowest BCUT2D eigenvalue weighted by Gasteiger charge is -2.07. The minimum absolute atomic E-state index is 0.196. The predicted octanol–water partition coefficient (Wildman–Crippen LogP) is 1.01. The van der Waals surface area contributed by atoms with Gasteiger partial charge in [0.05, 0.1) is 12.9 Å². The van der Waals surface area contributed by atoms with Crippen molar-refractivity contribution < 1.29 is 4.39 Å². The van der Waals surface area contributed by atoms with Gasteiger partial charge in [-0.15, -0.1) is 0 Å². The van der Waals surface area contributed by atoms with Crippen molar-refractivity contribution in [1.82, 2.24) is 9.55 Å². The summed E-state index contributed by atoms with van der Waals surface area (Å²) in [6.45, 7) is 0.219. The SMILES string of the molecule is Nc1ccc(F)cc1Cn1cnccc1=O. The molecule has 0 atom stereocenters. The molecule has 0 spiro atoms. The Labute approximate surface area is 91.2 Å². The van der Waals surface area contributed by atoms with Crippen molar-refractivity contribution in [3.63, 3.8) is 0 Å². The Balaban J connectivity index is 2.38. The van der Waals surface area contributed by atoms with E-state index in [1.165, 1.54) is 41.4 Å². The predicted molar refractivity (Wildman–Crippen MR) is 58.4 cm³/mol. The van der Waals surface area contributed by atoms with Gasteiger partial charge in [0.25, 0.3) is 5.56 Å². The maximum Gasteiger partial charge on any atom is 0.253 e. The van der Waals surface area contributed by atoms with E-state index in [-0.39, 0.29) is 17.9 Å². The minimum atomic E-state index is -0.374. The molecule has 4 nitrogen and oxygen atoms in total. The van der Waals surface area contributed by atoms with Crippen molar-refractivity contribution >= 4 is 5.69 Å². The molecule has 1 aromatic heterocycles. The van der Waals surface area contributed by atoms with Crippen molar-refractivity contribution in [2.45, 2.75) is 6.54 Å². The summed E-state index contributed by atoms with van der Waals surface area (Å²) in [5, 5.41) is 0. The molecule has 2 rings (SSSR count). The Kier molecular flexibility index (Phi) is 2.68. The summed E-state index contributed by atoms with van der Waals surface area (Å²) in [6, 6.07) is 5.42. The molecule has 0 aliphatic carbocycles. The summed E-state index contributed by atoms with van der Waals surface area (Å²) >= 11 is 0. The first kappa shape index (κ1) is 10.4. The first-order chi connectivity index (χ1) is 7.66. The van der Waals surface area contributed by atoms with Crippen molar-refractivity contribution in [1.29, 1.82) is 0 Å². The van der Waals surface area contributed by atoms with Gasteiger partial charge in [-0.1, -0.05) is 0 Å². The lowest BCUT2D eigenvalue weighted by molar-refractivity contribution is 0.622. The molecule has 2 aromatic rings. The monoisotopic (exact) mass is 219 g/mol. The van der Waals surface area contributed by atoms with Crippen LogP contribution < -0.4 is 11.3 Å². The first-order valence-electron chi connectivity index (χ1n) is 4.71. The topological polar surface area (TPSA) is 60.9 Å². The number of nitrogen functional groups attached to an aromatic ring is 1. The lowest BCUT2D eigenvalue weighted by atomic mass is 10.2. The lowest BCUT2D eigenvalue weighted by Crippen LogP contribution is -2.19. The quantitative estimate of drug-likeness (QED) is 0.767.